The first kappa shape index (κ1) is 12.8. The highest BCUT2D eigenvalue weighted by Gasteiger charge is 2.20. The smallest absolute Gasteiger partial charge is 0.270 e. The minimum atomic E-state index is -0.338. The number of aromatic amines is 1. The summed E-state index contributed by atoms with van der Waals surface area (Å²) < 4.78 is 0. The fourth-order valence-electron chi connectivity index (χ4n) is 2.97. The molecule has 1 fully saturated rings. The molecule has 1 amide bonds. The van der Waals surface area contributed by atoms with E-state index in [9.17, 15) is 9.59 Å². The lowest BCUT2D eigenvalue weighted by molar-refractivity contribution is 0.0960. The standard InChI is InChI=1S/C15H17N3O2/c1-16-15(20)14-13-10(6-7-17-14)18-11(8-12(13)19)9-4-2-3-5-9/h6-9H,2-5H2,1H3,(H,16,20)(H,18,19). The van der Waals surface area contributed by atoms with Gasteiger partial charge in [0.1, 0.15) is 5.69 Å². The number of H-pyrrole nitrogens is 1. The summed E-state index contributed by atoms with van der Waals surface area (Å²) in [6, 6.07) is 3.38. The molecule has 0 aliphatic heterocycles. The quantitative estimate of drug-likeness (QED) is 0.876. The van der Waals surface area contributed by atoms with Crippen LogP contribution in [0.15, 0.2) is 23.1 Å². The first-order chi connectivity index (χ1) is 9.70. The molecule has 2 N–H and O–H groups in total. The molecule has 0 radical (unpaired) electrons. The highest BCUT2D eigenvalue weighted by Crippen LogP contribution is 2.33. The van der Waals surface area contributed by atoms with Gasteiger partial charge in [0.15, 0.2) is 5.43 Å². The molecule has 2 heterocycles. The molecule has 5 heteroatoms. The second-order valence-corrected chi connectivity index (χ2v) is 5.23. The number of hydrogen-bond donors (Lipinski definition) is 2. The zero-order chi connectivity index (χ0) is 14.1. The number of fused-ring (bicyclic) bond motifs is 1. The topological polar surface area (TPSA) is 74.8 Å². The molecule has 0 saturated heterocycles. The average Bonchev–Trinajstić information content (AvgIpc) is 3.00. The van der Waals surface area contributed by atoms with Crippen LogP contribution in [-0.4, -0.2) is 22.9 Å². The molecule has 5 nitrogen and oxygen atoms in total. The van der Waals surface area contributed by atoms with Gasteiger partial charge >= 0.3 is 0 Å². The Morgan fingerprint density at radius 3 is 2.85 bits per heavy atom. The van der Waals surface area contributed by atoms with E-state index in [1.807, 2.05) is 0 Å². The molecule has 104 valence electrons. The predicted octanol–water partition coefficient (Wildman–Crippen LogP) is 1.94. The summed E-state index contributed by atoms with van der Waals surface area (Å²) in [4.78, 5) is 31.5. The third-order valence-corrected chi connectivity index (χ3v) is 4.00. The molecular weight excluding hydrogens is 254 g/mol. The van der Waals surface area contributed by atoms with Gasteiger partial charge in [-0.15, -0.1) is 0 Å². The first-order valence-electron chi connectivity index (χ1n) is 6.94. The monoisotopic (exact) mass is 271 g/mol. The Morgan fingerprint density at radius 1 is 1.40 bits per heavy atom. The molecule has 1 aliphatic rings. The lowest BCUT2D eigenvalue weighted by Crippen LogP contribution is -2.22. The average molecular weight is 271 g/mol. The number of nitrogens with zero attached hydrogens (tertiary/aromatic N) is 1. The maximum absolute atomic E-state index is 12.4. The minimum absolute atomic E-state index is 0.132. The summed E-state index contributed by atoms with van der Waals surface area (Å²) in [6.45, 7) is 0. The Labute approximate surface area is 116 Å². The van der Waals surface area contributed by atoms with Gasteiger partial charge in [-0.2, -0.15) is 0 Å². The number of carbonyl (C=O) groups is 1. The van der Waals surface area contributed by atoms with Crippen molar-refractivity contribution in [1.82, 2.24) is 15.3 Å². The number of hydrogen-bond acceptors (Lipinski definition) is 3. The van der Waals surface area contributed by atoms with E-state index in [1.54, 1.807) is 18.3 Å². The van der Waals surface area contributed by atoms with Crippen LogP contribution in [-0.2, 0) is 0 Å². The van der Waals surface area contributed by atoms with E-state index in [0.717, 1.165) is 18.5 Å². The van der Waals surface area contributed by atoms with Crippen LogP contribution in [0.3, 0.4) is 0 Å². The highest BCUT2D eigenvalue weighted by atomic mass is 16.2. The van der Waals surface area contributed by atoms with Crippen LogP contribution in [0.4, 0.5) is 0 Å². The fourth-order valence-corrected chi connectivity index (χ4v) is 2.97. The zero-order valence-electron chi connectivity index (χ0n) is 11.4. The van der Waals surface area contributed by atoms with Crippen molar-refractivity contribution in [3.8, 4) is 0 Å². The molecule has 0 unspecified atom stereocenters. The molecule has 0 atom stereocenters. The fraction of sp³-hybridized carbons (Fsp3) is 0.400. The summed E-state index contributed by atoms with van der Waals surface area (Å²) in [5.41, 5.74) is 1.72. The molecule has 1 saturated carbocycles. The third-order valence-electron chi connectivity index (χ3n) is 4.00. The molecule has 0 bridgehead atoms. The van der Waals surface area contributed by atoms with Gasteiger partial charge in [-0.05, 0) is 24.8 Å². The number of nitrogens with one attached hydrogen (secondary N) is 2. The molecule has 0 spiro atoms. The largest absolute Gasteiger partial charge is 0.358 e. The van der Waals surface area contributed by atoms with Gasteiger partial charge in [-0.3, -0.25) is 14.6 Å². The Kier molecular flexibility index (Phi) is 3.26. The van der Waals surface area contributed by atoms with Crippen LogP contribution in [0.2, 0.25) is 0 Å². The van der Waals surface area contributed by atoms with Crippen molar-refractivity contribution in [3.05, 3.63) is 39.9 Å². The van der Waals surface area contributed by atoms with E-state index in [2.05, 4.69) is 15.3 Å². The maximum atomic E-state index is 12.4. The highest BCUT2D eigenvalue weighted by molar-refractivity contribution is 6.04. The number of amides is 1. The van der Waals surface area contributed by atoms with Gasteiger partial charge in [0.05, 0.1) is 10.9 Å². The molecule has 0 aromatic carbocycles. The normalized spacial score (nSPS) is 15.7. The molecule has 2 aromatic heterocycles. The van der Waals surface area contributed by atoms with Crippen LogP contribution in [0.1, 0.15) is 47.8 Å². The van der Waals surface area contributed by atoms with E-state index in [0.29, 0.717) is 16.8 Å². The van der Waals surface area contributed by atoms with Crippen molar-refractivity contribution in [2.45, 2.75) is 31.6 Å². The van der Waals surface area contributed by atoms with Gasteiger partial charge < -0.3 is 10.3 Å². The number of aromatic nitrogens is 2. The molecule has 3 rings (SSSR count). The first-order valence-corrected chi connectivity index (χ1v) is 6.94. The van der Waals surface area contributed by atoms with Crippen molar-refractivity contribution in [1.29, 1.82) is 0 Å². The van der Waals surface area contributed by atoms with Crippen molar-refractivity contribution in [2.24, 2.45) is 0 Å². The predicted molar refractivity (Wildman–Crippen MR) is 77.0 cm³/mol. The number of carbonyl (C=O) groups excluding carboxylic acids is 1. The van der Waals surface area contributed by atoms with E-state index < -0.39 is 0 Å². The Balaban J connectivity index is 2.18. The lowest BCUT2D eigenvalue weighted by atomic mass is 10.0. The molecular formula is C15H17N3O2. The van der Waals surface area contributed by atoms with Crippen LogP contribution >= 0.6 is 0 Å². The van der Waals surface area contributed by atoms with Crippen LogP contribution in [0.25, 0.3) is 10.9 Å². The second-order valence-electron chi connectivity index (χ2n) is 5.23. The third kappa shape index (κ3) is 2.09. The Bertz CT molecular complexity index is 715. The van der Waals surface area contributed by atoms with Crippen molar-refractivity contribution in [2.75, 3.05) is 7.05 Å². The molecule has 1 aliphatic carbocycles. The van der Waals surface area contributed by atoms with Crippen LogP contribution in [0.5, 0.6) is 0 Å². The summed E-state index contributed by atoms with van der Waals surface area (Å²) in [5.74, 6) is 0.0958. The van der Waals surface area contributed by atoms with Crippen molar-refractivity contribution in [3.63, 3.8) is 0 Å². The maximum Gasteiger partial charge on any atom is 0.270 e. The Morgan fingerprint density at radius 2 is 2.15 bits per heavy atom. The van der Waals surface area contributed by atoms with Crippen LogP contribution < -0.4 is 10.7 Å². The van der Waals surface area contributed by atoms with Gasteiger partial charge in [-0.1, -0.05) is 12.8 Å². The van der Waals surface area contributed by atoms with E-state index in [-0.39, 0.29) is 17.0 Å². The molecule has 20 heavy (non-hydrogen) atoms. The number of rotatable bonds is 2. The summed E-state index contributed by atoms with van der Waals surface area (Å²) >= 11 is 0. The molecule has 2 aromatic rings. The van der Waals surface area contributed by atoms with Crippen LogP contribution in [0, 0.1) is 0 Å². The van der Waals surface area contributed by atoms with Gasteiger partial charge in [-0.25, -0.2) is 0 Å². The van der Waals surface area contributed by atoms with E-state index in [1.165, 1.54) is 19.9 Å². The summed E-state index contributed by atoms with van der Waals surface area (Å²) in [6.07, 6.45) is 6.22. The minimum Gasteiger partial charge on any atom is -0.358 e. The SMILES string of the molecule is CNC(=O)c1nccc2[nH]c(C3CCCC3)cc(=O)c12. The Hall–Kier alpha value is -2.17. The summed E-state index contributed by atoms with van der Waals surface area (Å²) in [7, 11) is 1.53. The van der Waals surface area contributed by atoms with Gasteiger partial charge in [0, 0.05) is 25.0 Å². The van der Waals surface area contributed by atoms with E-state index >= 15 is 0 Å². The number of pyridine rings is 2. The van der Waals surface area contributed by atoms with Gasteiger partial charge in [0.2, 0.25) is 0 Å². The van der Waals surface area contributed by atoms with Crippen molar-refractivity contribution >= 4 is 16.8 Å². The van der Waals surface area contributed by atoms with Crippen molar-refractivity contribution < 1.29 is 4.79 Å². The second kappa shape index (κ2) is 5.07. The van der Waals surface area contributed by atoms with E-state index in [4.69, 9.17) is 0 Å². The zero-order valence-corrected chi connectivity index (χ0v) is 11.4. The lowest BCUT2D eigenvalue weighted by Gasteiger charge is -2.11. The van der Waals surface area contributed by atoms with Gasteiger partial charge in [0.25, 0.3) is 5.91 Å². The summed E-state index contributed by atoms with van der Waals surface area (Å²) in [5, 5.41) is 2.89.